The summed E-state index contributed by atoms with van der Waals surface area (Å²) in [7, 11) is 0. The monoisotopic (exact) mass is 280 g/mol. The van der Waals surface area contributed by atoms with Gasteiger partial charge in [0.15, 0.2) is 0 Å². The molecule has 0 heterocycles. The fourth-order valence-corrected chi connectivity index (χ4v) is 2.61. The number of thioether (sulfide) groups is 1. The highest BCUT2D eigenvalue weighted by atomic mass is 32.2. The Hall–Kier alpha value is -1.16. The highest BCUT2D eigenvalue weighted by Crippen LogP contribution is 2.23. The van der Waals surface area contributed by atoms with Gasteiger partial charge < -0.3 is 10.6 Å². The van der Waals surface area contributed by atoms with Crippen LogP contribution in [0, 0.1) is 12.8 Å². The highest BCUT2D eigenvalue weighted by Gasteiger charge is 2.04. The summed E-state index contributed by atoms with van der Waals surface area (Å²) >= 11 is 1.97. The van der Waals surface area contributed by atoms with Gasteiger partial charge in [-0.05, 0) is 36.3 Å². The zero-order valence-corrected chi connectivity index (χ0v) is 13.1. The molecule has 2 N–H and O–H groups in total. The van der Waals surface area contributed by atoms with Crippen LogP contribution in [0.1, 0.15) is 26.3 Å². The van der Waals surface area contributed by atoms with Crippen molar-refractivity contribution in [1.29, 1.82) is 0 Å². The lowest BCUT2D eigenvalue weighted by Crippen LogP contribution is -2.10. The second-order valence-corrected chi connectivity index (χ2v) is 6.20. The van der Waals surface area contributed by atoms with Crippen molar-refractivity contribution in [2.24, 2.45) is 5.92 Å². The summed E-state index contributed by atoms with van der Waals surface area (Å²) in [6, 6.07) is 5.94. The lowest BCUT2D eigenvalue weighted by Gasteiger charge is -2.13. The molecule has 0 aliphatic rings. The van der Waals surface area contributed by atoms with Gasteiger partial charge in [-0.2, -0.15) is 11.8 Å². The van der Waals surface area contributed by atoms with Crippen molar-refractivity contribution in [2.45, 2.75) is 27.7 Å². The van der Waals surface area contributed by atoms with Crippen molar-refractivity contribution in [3.63, 3.8) is 0 Å². The molecule has 0 radical (unpaired) electrons. The van der Waals surface area contributed by atoms with E-state index in [1.54, 1.807) is 0 Å². The van der Waals surface area contributed by atoms with Gasteiger partial charge in [-0.15, -0.1) is 0 Å². The number of rotatable bonds is 7. The van der Waals surface area contributed by atoms with E-state index in [0.29, 0.717) is 0 Å². The normalized spacial score (nSPS) is 10.6. The molecule has 0 unspecified atom stereocenters. The van der Waals surface area contributed by atoms with E-state index in [9.17, 15) is 4.79 Å². The van der Waals surface area contributed by atoms with Crippen molar-refractivity contribution in [1.82, 2.24) is 0 Å². The lowest BCUT2D eigenvalue weighted by molar-refractivity contribution is -0.114. The molecule has 0 saturated heterocycles. The van der Waals surface area contributed by atoms with E-state index >= 15 is 0 Å². The fraction of sp³-hybridized carbons (Fsp3) is 0.533. The van der Waals surface area contributed by atoms with E-state index in [4.69, 9.17) is 0 Å². The molecule has 19 heavy (non-hydrogen) atoms. The van der Waals surface area contributed by atoms with Crippen molar-refractivity contribution < 1.29 is 4.79 Å². The number of amides is 1. The molecule has 1 rings (SSSR count). The first-order chi connectivity index (χ1) is 9.00. The number of hydrogen-bond donors (Lipinski definition) is 2. The summed E-state index contributed by atoms with van der Waals surface area (Å²) in [5.41, 5.74) is 3.07. The minimum Gasteiger partial charge on any atom is -0.384 e. The molecule has 0 fully saturated rings. The zero-order chi connectivity index (χ0) is 14.3. The summed E-state index contributed by atoms with van der Waals surface area (Å²) in [5.74, 6) is 3.01. The molecule has 0 aromatic heterocycles. The van der Waals surface area contributed by atoms with E-state index in [2.05, 4.69) is 24.5 Å². The predicted molar refractivity (Wildman–Crippen MR) is 86.1 cm³/mol. The lowest BCUT2D eigenvalue weighted by atomic mass is 10.1. The third-order valence-corrected chi connectivity index (χ3v) is 4.05. The van der Waals surface area contributed by atoms with Gasteiger partial charge in [0.2, 0.25) is 5.91 Å². The Bertz CT molecular complexity index is 419. The van der Waals surface area contributed by atoms with E-state index in [-0.39, 0.29) is 5.91 Å². The van der Waals surface area contributed by atoms with Crippen LogP contribution in [-0.2, 0) is 4.79 Å². The Balaban J connectivity index is 2.47. The van der Waals surface area contributed by atoms with Crippen LogP contribution in [0.5, 0.6) is 0 Å². The summed E-state index contributed by atoms with van der Waals surface area (Å²) in [4.78, 5) is 11.1. The van der Waals surface area contributed by atoms with Crippen molar-refractivity contribution in [3.05, 3.63) is 23.8 Å². The van der Waals surface area contributed by atoms with E-state index in [1.807, 2.05) is 36.9 Å². The van der Waals surface area contributed by atoms with Crippen LogP contribution in [0.4, 0.5) is 11.4 Å². The maximum absolute atomic E-state index is 11.1. The van der Waals surface area contributed by atoms with Gasteiger partial charge in [-0.1, -0.05) is 19.9 Å². The Morgan fingerprint density at radius 1 is 1.32 bits per heavy atom. The second kappa shape index (κ2) is 8.10. The number of benzene rings is 1. The van der Waals surface area contributed by atoms with Crippen molar-refractivity contribution in [2.75, 3.05) is 28.7 Å². The van der Waals surface area contributed by atoms with Crippen LogP contribution < -0.4 is 10.6 Å². The van der Waals surface area contributed by atoms with Crippen LogP contribution in [0.2, 0.25) is 0 Å². The van der Waals surface area contributed by atoms with E-state index < -0.39 is 0 Å². The second-order valence-electron chi connectivity index (χ2n) is 5.05. The maximum Gasteiger partial charge on any atom is 0.221 e. The van der Waals surface area contributed by atoms with Crippen molar-refractivity contribution >= 4 is 29.0 Å². The van der Waals surface area contributed by atoms with Crippen LogP contribution in [0.15, 0.2) is 18.2 Å². The number of hydrogen-bond acceptors (Lipinski definition) is 3. The van der Waals surface area contributed by atoms with Gasteiger partial charge in [0.1, 0.15) is 0 Å². The number of carbonyl (C=O) groups is 1. The molecule has 0 aliphatic heterocycles. The molecule has 106 valence electrons. The van der Waals surface area contributed by atoms with Gasteiger partial charge in [0, 0.05) is 30.6 Å². The molecule has 0 aliphatic carbocycles. The SMILES string of the molecule is CC(=O)Nc1cccc(NCCSCC(C)C)c1C. The first kappa shape index (κ1) is 15.9. The Morgan fingerprint density at radius 2 is 2.00 bits per heavy atom. The molecule has 1 aromatic carbocycles. The van der Waals surface area contributed by atoms with Gasteiger partial charge in [-0.3, -0.25) is 4.79 Å². The Kier molecular flexibility index (Phi) is 6.78. The zero-order valence-electron chi connectivity index (χ0n) is 12.2. The molecular weight excluding hydrogens is 256 g/mol. The Morgan fingerprint density at radius 3 is 2.63 bits per heavy atom. The first-order valence-corrected chi connectivity index (χ1v) is 7.85. The minimum atomic E-state index is -0.0345. The highest BCUT2D eigenvalue weighted by molar-refractivity contribution is 7.99. The maximum atomic E-state index is 11.1. The molecule has 0 atom stereocenters. The molecular formula is C15H24N2OS. The van der Waals surface area contributed by atoms with Gasteiger partial charge in [0.25, 0.3) is 0 Å². The third kappa shape index (κ3) is 6.01. The molecule has 0 saturated carbocycles. The average molecular weight is 280 g/mol. The average Bonchev–Trinajstić information content (AvgIpc) is 2.32. The standard InChI is InChI=1S/C15H24N2OS/c1-11(2)10-19-9-8-16-14-6-5-7-15(12(14)3)17-13(4)18/h5-7,11,16H,8-10H2,1-4H3,(H,17,18). The summed E-state index contributed by atoms with van der Waals surface area (Å²) in [5, 5.41) is 6.27. The molecule has 1 amide bonds. The number of carbonyl (C=O) groups excluding carboxylic acids is 1. The quantitative estimate of drug-likeness (QED) is 0.747. The van der Waals surface area contributed by atoms with Gasteiger partial charge in [-0.25, -0.2) is 0 Å². The molecule has 4 heteroatoms. The first-order valence-electron chi connectivity index (χ1n) is 6.69. The van der Waals surface area contributed by atoms with Crippen LogP contribution in [0.3, 0.4) is 0 Å². The number of anilines is 2. The van der Waals surface area contributed by atoms with Crippen LogP contribution >= 0.6 is 11.8 Å². The van der Waals surface area contributed by atoms with Crippen LogP contribution in [-0.4, -0.2) is 24.0 Å². The van der Waals surface area contributed by atoms with Crippen molar-refractivity contribution in [3.8, 4) is 0 Å². The smallest absolute Gasteiger partial charge is 0.221 e. The van der Waals surface area contributed by atoms with Gasteiger partial charge >= 0.3 is 0 Å². The Labute approximate surface area is 120 Å². The van der Waals surface area contributed by atoms with E-state index in [1.165, 1.54) is 12.7 Å². The largest absolute Gasteiger partial charge is 0.384 e. The molecule has 1 aromatic rings. The molecule has 0 spiro atoms. The topological polar surface area (TPSA) is 41.1 Å². The van der Waals surface area contributed by atoms with Gasteiger partial charge in [0.05, 0.1) is 0 Å². The summed E-state index contributed by atoms with van der Waals surface area (Å²) in [6.45, 7) is 8.97. The van der Waals surface area contributed by atoms with Crippen LogP contribution in [0.25, 0.3) is 0 Å². The minimum absolute atomic E-state index is 0.0345. The molecule has 3 nitrogen and oxygen atoms in total. The molecule has 0 bridgehead atoms. The fourth-order valence-electron chi connectivity index (χ4n) is 1.73. The summed E-state index contributed by atoms with van der Waals surface area (Å²) in [6.07, 6.45) is 0. The third-order valence-electron chi connectivity index (χ3n) is 2.66. The van der Waals surface area contributed by atoms with E-state index in [0.717, 1.165) is 35.2 Å². The predicted octanol–water partition coefficient (Wildman–Crippen LogP) is 3.75. The number of nitrogens with one attached hydrogen (secondary N) is 2. The summed E-state index contributed by atoms with van der Waals surface area (Å²) < 4.78 is 0.